The Balaban J connectivity index is 1.92. The van der Waals surface area contributed by atoms with Crippen LogP contribution in [-0.2, 0) is 11.3 Å². The molecule has 6 heteroatoms. The van der Waals surface area contributed by atoms with E-state index in [1.807, 2.05) is 12.1 Å². The Bertz CT molecular complexity index is 659. The van der Waals surface area contributed by atoms with Crippen molar-refractivity contribution in [3.8, 4) is 5.75 Å². The van der Waals surface area contributed by atoms with Crippen LogP contribution in [0.15, 0.2) is 42.5 Å². The van der Waals surface area contributed by atoms with Gasteiger partial charge in [0.15, 0.2) is 6.10 Å². The molecule has 116 valence electrons. The van der Waals surface area contributed by atoms with Crippen LogP contribution >= 0.6 is 34.8 Å². The fourth-order valence-corrected chi connectivity index (χ4v) is 2.22. The molecule has 0 aromatic heterocycles. The number of carbonyl (C=O) groups is 1. The highest BCUT2D eigenvalue weighted by molar-refractivity contribution is 6.42. The van der Waals surface area contributed by atoms with Gasteiger partial charge in [-0.3, -0.25) is 4.79 Å². The van der Waals surface area contributed by atoms with Crippen molar-refractivity contribution in [1.82, 2.24) is 5.32 Å². The lowest BCUT2D eigenvalue weighted by atomic mass is 10.2. The summed E-state index contributed by atoms with van der Waals surface area (Å²) in [4.78, 5) is 12.0. The SMILES string of the molecule is CC(Oc1cccc(Cl)c1Cl)C(=O)NCc1ccc(Cl)cc1. The van der Waals surface area contributed by atoms with E-state index in [4.69, 9.17) is 39.5 Å². The van der Waals surface area contributed by atoms with E-state index in [-0.39, 0.29) is 5.91 Å². The summed E-state index contributed by atoms with van der Waals surface area (Å²) in [5, 5.41) is 4.12. The van der Waals surface area contributed by atoms with E-state index in [0.29, 0.717) is 27.4 Å². The summed E-state index contributed by atoms with van der Waals surface area (Å²) in [6.07, 6.45) is -0.691. The molecule has 0 saturated heterocycles. The Hall–Kier alpha value is -1.42. The third-order valence-corrected chi connectivity index (χ3v) is 4.02. The summed E-state index contributed by atoms with van der Waals surface area (Å²) >= 11 is 17.7. The first kappa shape index (κ1) is 16.9. The lowest BCUT2D eigenvalue weighted by Gasteiger charge is -2.16. The number of amides is 1. The standard InChI is InChI=1S/C16H14Cl3NO2/c1-10(22-14-4-2-3-13(18)15(14)19)16(21)20-9-11-5-7-12(17)8-6-11/h2-8,10H,9H2,1H3,(H,20,21). The number of hydrogen-bond donors (Lipinski definition) is 1. The predicted octanol–water partition coefficient (Wildman–Crippen LogP) is 4.73. The minimum atomic E-state index is -0.691. The van der Waals surface area contributed by atoms with Crippen molar-refractivity contribution in [1.29, 1.82) is 0 Å². The largest absolute Gasteiger partial charge is 0.479 e. The van der Waals surface area contributed by atoms with Gasteiger partial charge < -0.3 is 10.1 Å². The zero-order valence-corrected chi connectivity index (χ0v) is 14.0. The Morgan fingerprint density at radius 1 is 1.14 bits per heavy atom. The monoisotopic (exact) mass is 357 g/mol. The van der Waals surface area contributed by atoms with Gasteiger partial charge in [-0.15, -0.1) is 0 Å². The van der Waals surface area contributed by atoms with Crippen LogP contribution < -0.4 is 10.1 Å². The van der Waals surface area contributed by atoms with Gasteiger partial charge in [0, 0.05) is 11.6 Å². The maximum atomic E-state index is 12.0. The van der Waals surface area contributed by atoms with E-state index in [1.54, 1.807) is 37.3 Å². The van der Waals surface area contributed by atoms with Crippen molar-refractivity contribution in [3.63, 3.8) is 0 Å². The van der Waals surface area contributed by atoms with E-state index in [0.717, 1.165) is 5.56 Å². The average Bonchev–Trinajstić information content (AvgIpc) is 2.51. The molecule has 0 saturated carbocycles. The topological polar surface area (TPSA) is 38.3 Å². The second-order valence-corrected chi connectivity index (χ2v) is 5.88. The third kappa shape index (κ3) is 4.54. The van der Waals surface area contributed by atoms with Gasteiger partial charge >= 0.3 is 0 Å². The molecule has 1 unspecified atom stereocenters. The quantitative estimate of drug-likeness (QED) is 0.839. The van der Waals surface area contributed by atoms with Gasteiger partial charge in [0.25, 0.3) is 5.91 Å². The highest BCUT2D eigenvalue weighted by Crippen LogP contribution is 2.32. The van der Waals surface area contributed by atoms with Crippen LogP contribution in [0.25, 0.3) is 0 Å². The molecule has 0 bridgehead atoms. The molecule has 0 radical (unpaired) electrons. The van der Waals surface area contributed by atoms with Gasteiger partial charge in [0.05, 0.1) is 5.02 Å². The maximum absolute atomic E-state index is 12.0. The zero-order valence-electron chi connectivity index (χ0n) is 11.8. The Morgan fingerprint density at radius 2 is 1.82 bits per heavy atom. The molecule has 0 heterocycles. The number of halogens is 3. The first-order valence-corrected chi connectivity index (χ1v) is 7.73. The number of benzene rings is 2. The van der Waals surface area contributed by atoms with Gasteiger partial charge in [-0.05, 0) is 36.8 Å². The molecule has 2 aromatic rings. The average molecular weight is 359 g/mol. The molecule has 3 nitrogen and oxygen atoms in total. The lowest BCUT2D eigenvalue weighted by molar-refractivity contribution is -0.127. The predicted molar refractivity (Wildman–Crippen MR) is 89.9 cm³/mol. The van der Waals surface area contributed by atoms with Crippen LogP contribution in [0, 0.1) is 0 Å². The molecule has 2 rings (SSSR count). The van der Waals surface area contributed by atoms with Crippen molar-refractivity contribution >= 4 is 40.7 Å². The molecule has 1 amide bonds. The molecule has 0 fully saturated rings. The molecule has 1 N–H and O–H groups in total. The number of ether oxygens (including phenoxy) is 1. The van der Waals surface area contributed by atoms with E-state index in [9.17, 15) is 4.79 Å². The molecule has 22 heavy (non-hydrogen) atoms. The second kappa shape index (κ2) is 7.73. The third-order valence-electron chi connectivity index (χ3n) is 2.97. The van der Waals surface area contributed by atoms with Crippen molar-refractivity contribution in [2.75, 3.05) is 0 Å². The summed E-state index contributed by atoms with van der Waals surface area (Å²) in [7, 11) is 0. The fourth-order valence-electron chi connectivity index (χ4n) is 1.75. The molecule has 0 aliphatic heterocycles. The number of carbonyl (C=O) groups excluding carboxylic acids is 1. The van der Waals surface area contributed by atoms with Gasteiger partial charge in [0.2, 0.25) is 0 Å². The first-order valence-electron chi connectivity index (χ1n) is 6.60. The van der Waals surface area contributed by atoms with Crippen molar-refractivity contribution in [2.45, 2.75) is 19.6 Å². The van der Waals surface area contributed by atoms with E-state index in [2.05, 4.69) is 5.32 Å². The van der Waals surface area contributed by atoms with Crippen molar-refractivity contribution in [3.05, 3.63) is 63.1 Å². The van der Waals surface area contributed by atoms with E-state index < -0.39 is 6.10 Å². The molecule has 0 aliphatic carbocycles. The van der Waals surface area contributed by atoms with Gasteiger partial charge in [-0.25, -0.2) is 0 Å². The molecule has 2 aromatic carbocycles. The Morgan fingerprint density at radius 3 is 2.50 bits per heavy atom. The molecule has 0 spiro atoms. The van der Waals surface area contributed by atoms with E-state index in [1.165, 1.54) is 0 Å². The summed E-state index contributed by atoms with van der Waals surface area (Å²) < 4.78 is 5.55. The van der Waals surface area contributed by atoms with Gasteiger partial charge in [-0.1, -0.05) is 53.0 Å². The summed E-state index contributed by atoms with van der Waals surface area (Å²) in [6, 6.07) is 12.3. The van der Waals surface area contributed by atoms with Crippen LogP contribution in [0.2, 0.25) is 15.1 Å². The van der Waals surface area contributed by atoms with E-state index >= 15 is 0 Å². The minimum absolute atomic E-state index is 0.244. The number of rotatable bonds is 5. The Labute approximate surface area is 144 Å². The molecular formula is C16H14Cl3NO2. The Kier molecular flexibility index (Phi) is 5.95. The smallest absolute Gasteiger partial charge is 0.261 e. The van der Waals surface area contributed by atoms with Gasteiger partial charge in [0.1, 0.15) is 10.8 Å². The van der Waals surface area contributed by atoms with Gasteiger partial charge in [-0.2, -0.15) is 0 Å². The highest BCUT2D eigenvalue weighted by atomic mass is 35.5. The number of hydrogen-bond acceptors (Lipinski definition) is 2. The molecular weight excluding hydrogens is 345 g/mol. The van der Waals surface area contributed by atoms with Crippen molar-refractivity contribution < 1.29 is 9.53 Å². The van der Waals surface area contributed by atoms with Crippen LogP contribution in [0.5, 0.6) is 5.75 Å². The summed E-state index contributed by atoms with van der Waals surface area (Å²) in [6.45, 7) is 2.04. The highest BCUT2D eigenvalue weighted by Gasteiger charge is 2.16. The summed E-state index contributed by atoms with van der Waals surface area (Å²) in [5.41, 5.74) is 0.950. The maximum Gasteiger partial charge on any atom is 0.261 e. The summed E-state index contributed by atoms with van der Waals surface area (Å²) in [5.74, 6) is 0.134. The zero-order chi connectivity index (χ0) is 16.1. The normalized spacial score (nSPS) is 11.8. The fraction of sp³-hybridized carbons (Fsp3) is 0.188. The van der Waals surface area contributed by atoms with Crippen LogP contribution in [-0.4, -0.2) is 12.0 Å². The van der Waals surface area contributed by atoms with Crippen LogP contribution in [0.4, 0.5) is 0 Å². The molecule has 1 atom stereocenters. The van der Waals surface area contributed by atoms with Crippen molar-refractivity contribution in [2.24, 2.45) is 0 Å². The second-order valence-electron chi connectivity index (χ2n) is 4.66. The minimum Gasteiger partial charge on any atom is -0.479 e. The lowest BCUT2D eigenvalue weighted by Crippen LogP contribution is -2.35. The molecule has 0 aliphatic rings. The number of nitrogens with one attached hydrogen (secondary N) is 1. The van der Waals surface area contributed by atoms with Crippen LogP contribution in [0.3, 0.4) is 0 Å². The first-order chi connectivity index (χ1) is 10.5. The van der Waals surface area contributed by atoms with Crippen LogP contribution in [0.1, 0.15) is 12.5 Å².